The lowest BCUT2D eigenvalue weighted by Crippen LogP contribution is -2.09. The van der Waals surface area contributed by atoms with Gasteiger partial charge < -0.3 is 15.6 Å². The monoisotopic (exact) mass is 338 g/mol. The van der Waals surface area contributed by atoms with Gasteiger partial charge in [-0.1, -0.05) is 36.7 Å². The smallest absolute Gasteiger partial charge is 0.257 e. The van der Waals surface area contributed by atoms with Crippen LogP contribution in [0.5, 0.6) is 0 Å². The van der Waals surface area contributed by atoms with Crippen molar-refractivity contribution in [2.24, 2.45) is 0 Å². The molecule has 130 valence electrons. The van der Waals surface area contributed by atoms with Crippen molar-refractivity contribution in [2.75, 3.05) is 17.6 Å². The highest BCUT2D eigenvalue weighted by Crippen LogP contribution is 2.18. The first-order valence-electron chi connectivity index (χ1n) is 8.49. The van der Waals surface area contributed by atoms with Crippen LogP contribution in [-0.2, 0) is 12.8 Å². The van der Waals surface area contributed by atoms with E-state index in [1.807, 2.05) is 30.3 Å². The molecule has 0 spiro atoms. The molecule has 0 amide bonds. The highest BCUT2D eigenvalue weighted by atomic mass is 16.5. The number of anilines is 2. The van der Waals surface area contributed by atoms with Crippen molar-refractivity contribution in [3.63, 3.8) is 0 Å². The molecule has 3 aromatic rings. The molecule has 3 rings (SSSR count). The lowest BCUT2D eigenvalue weighted by molar-refractivity contribution is 0.422. The molecule has 2 heterocycles. The first kappa shape index (κ1) is 16.9. The minimum absolute atomic E-state index is 0.272. The number of hydrogen-bond donors (Lipinski definition) is 2. The van der Waals surface area contributed by atoms with Gasteiger partial charge in [-0.15, -0.1) is 0 Å². The lowest BCUT2D eigenvalue weighted by Gasteiger charge is -2.10. The Labute approximate surface area is 146 Å². The van der Waals surface area contributed by atoms with Crippen molar-refractivity contribution < 1.29 is 4.52 Å². The molecule has 0 saturated heterocycles. The molecular weight excluding hydrogens is 316 g/mol. The van der Waals surface area contributed by atoms with E-state index in [-0.39, 0.29) is 5.95 Å². The number of nitrogen functional groups attached to an aromatic ring is 1. The summed E-state index contributed by atoms with van der Waals surface area (Å²) in [6, 6.07) is 9.73. The molecule has 0 fully saturated rings. The fraction of sp³-hybridized carbons (Fsp3) is 0.333. The van der Waals surface area contributed by atoms with E-state index in [1.54, 1.807) is 6.20 Å². The van der Waals surface area contributed by atoms with Crippen molar-refractivity contribution in [3.8, 4) is 11.5 Å². The van der Waals surface area contributed by atoms with Gasteiger partial charge in [-0.3, -0.25) is 0 Å². The largest absolute Gasteiger partial charge is 0.370 e. The van der Waals surface area contributed by atoms with Crippen molar-refractivity contribution in [2.45, 2.75) is 32.6 Å². The van der Waals surface area contributed by atoms with Crippen LogP contribution in [0.3, 0.4) is 0 Å². The normalized spacial score (nSPS) is 10.8. The average molecular weight is 338 g/mol. The molecule has 0 aliphatic rings. The SMILES string of the molecule is CCCCNc1nc(N)ncc1CCc1noc(-c2ccccc2)n1. The highest BCUT2D eigenvalue weighted by molar-refractivity contribution is 5.52. The van der Waals surface area contributed by atoms with E-state index in [9.17, 15) is 0 Å². The Kier molecular flexibility index (Phi) is 5.56. The summed E-state index contributed by atoms with van der Waals surface area (Å²) in [6.07, 6.45) is 5.31. The third-order valence-corrected chi connectivity index (χ3v) is 3.81. The number of aromatic nitrogens is 4. The third-order valence-electron chi connectivity index (χ3n) is 3.81. The van der Waals surface area contributed by atoms with E-state index in [2.05, 4.69) is 32.3 Å². The van der Waals surface area contributed by atoms with Gasteiger partial charge in [0.05, 0.1) is 0 Å². The van der Waals surface area contributed by atoms with Crippen molar-refractivity contribution in [3.05, 3.63) is 47.9 Å². The Bertz CT molecular complexity index is 802. The second-order valence-corrected chi connectivity index (χ2v) is 5.76. The molecule has 7 nitrogen and oxygen atoms in total. The summed E-state index contributed by atoms with van der Waals surface area (Å²) in [7, 11) is 0. The number of benzene rings is 1. The fourth-order valence-electron chi connectivity index (χ4n) is 2.44. The van der Waals surface area contributed by atoms with Gasteiger partial charge in [-0.05, 0) is 25.0 Å². The van der Waals surface area contributed by atoms with Gasteiger partial charge in [-0.2, -0.15) is 9.97 Å². The Hall–Kier alpha value is -2.96. The Morgan fingerprint density at radius 3 is 2.76 bits per heavy atom. The average Bonchev–Trinajstić information content (AvgIpc) is 3.11. The quantitative estimate of drug-likeness (QED) is 0.608. The predicted octanol–water partition coefficient (Wildman–Crippen LogP) is 3.11. The summed E-state index contributed by atoms with van der Waals surface area (Å²) < 4.78 is 5.34. The van der Waals surface area contributed by atoms with Gasteiger partial charge in [0.1, 0.15) is 5.82 Å². The second kappa shape index (κ2) is 8.23. The van der Waals surface area contributed by atoms with E-state index in [0.29, 0.717) is 24.6 Å². The van der Waals surface area contributed by atoms with Gasteiger partial charge in [-0.25, -0.2) is 4.98 Å². The molecule has 0 aliphatic heterocycles. The zero-order valence-electron chi connectivity index (χ0n) is 14.3. The molecule has 0 atom stereocenters. The van der Waals surface area contributed by atoms with Gasteiger partial charge in [0, 0.05) is 30.3 Å². The Morgan fingerprint density at radius 2 is 1.96 bits per heavy atom. The molecule has 7 heteroatoms. The van der Waals surface area contributed by atoms with E-state index in [4.69, 9.17) is 10.3 Å². The predicted molar refractivity (Wildman–Crippen MR) is 97.0 cm³/mol. The van der Waals surface area contributed by atoms with Crippen molar-refractivity contribution >= 4 is 11.8 Å². The van der Waals surface area contributed by atoms with E-state index in [1.165, 1.54) is 0 Å². The number of rotatable bonds is 8. The number of aryl methyl sites for hydroxylation is 2. The van der Waals surface area contributed by atoms with Gasteiger partial charge >= 0.3 is 0 Å². The number of unbranched alkanes of at least 4 members (excludes halogenated alkanes) is 1. The molecule has 0 aliphatic carbocycles. The van der Waals surface area contributed by atoms with Crippen LogP contribution < -0.4 is 11.1 Å². The number of nitrogens with zero attached hydrogens (tertiary/aromatic N) is 4. The summed E-state index contributed by atoms with van der Waals surface area (Å²) >= 11 is 0. The topological polar surface area (TPSA) is 103 Å². The number of hydrogen-bond acceptors (Lipinski definition) is 7. The number of nitrogens with one attached hydrogen (secondary N) is 1. The van der Waals surface area contributed by atoms with Crippen LogP contribution in [0.25, 0.3) is 11.5 Å². The van der Waals surface area contributed by atoms with Crippen molar-refractivity contribution in [1.82, 2.24) is 20.1 Å². The first-order valence-corrected chi connectivity index (χ1v) is 8.49. The molecule has 0 bridgehead atoms. The maximum atomic E-state index is 5.70. The number of nitrogens with two attached hydrogens (primary N) is 1. The summed E-state index contributed by atoms with van der Waals surface area (Å²) in [4.78, 5) is 12.9. The first-order chi connectivity index (χ1) is 12.3. The summed E-state index contributed by atoms with van der Waals surface area (Å²) in [6.45, 7) is 3.01. The van der Waals surface area contributed by atoms with E-state index < -0.39 is 0 Å². The fourth-order valence-corrected chi connectivity index (χ4v) is 2.44. The van der Waals surface area contributed by atoms with Crippen molar-refractivity contribution in [1.29, 1.82) is 0 Å². The maximum absolute atomic E-state index is 5.70. The van der Waals surface area contributed by atoms with Gasteiger partial charge in [0.2, 0.25) is 5.95 Å². The van der Waals surface area contributed by atoms with Gasteiger partial charge in [0.15, 0.2) is 5.82 Å². The van der Waals surface area contributed by atoms with Crippen LogP contribution in [0.4, 0.5) is 11.8 Å². The molecular formula is C18H22N6O. The van der Waals surface area contributed by atoms with Crippen LogP contribution in [0.15, 0.2) is 41.1 Å². The van der Waals surface area contributed by atoms with Crippen LogP contribution in [0.1, 0.15) is 31.2 Å². The van der Waals surface area contributed by atoms with Crippen LogP contribution >= 0.6 is 0 Å². The Balaban J connectivity index is 1.66. The van der Waals surface area contributed by atoms with E-state index in [0.717, 1.165) is 36.3 Å². The second-order valence-electron chi connectivity index (χ2n) is 5.76. The van der Waals surface area contributed by atoms with Crippen LogP contribution in [0.2, 0.25) is 0 Å². The summed E-state index contributed by atoms with van der Waals surface area (Å²) in [5.41, 5.74) is 7.62. The lowest BCUT2D eigenvalue weighted by atomic mass is 10.1. The highest BCUT2D eigenvalue weighted by Gasteiger charge is 2.11. The zero-order chi connectivity index (χ0) is 17.5. The zero-order valence-corrected chi connectivity index (χ0v) is 14.3. The summed E-state index contributed by atoms with van der Waals surface area (Å²) in [5, 5.41) is 7.39. The Morgan fingerprint density at radius 1 is 1.12 bits per heavy atom. The molecule has 0 unspecified atom stereocenters. The molecule has 0 saturated carbocycles. The van der Waals surface area contributed by atoms with Crippen LogP contribution in [-0.4, -0.2) is 26.7 Å². The standard InChI is InChI=1S/C18H22N6O/c1-2-3-11-20-16-14(12-21-18(19)23-16)9-10-15-22-17(25-24-15)13-7-5-4-6-8-13/h4-8,12H,2-3,9-11H2,1H3,(H3,19,20,21,23). The minimum Gasteiger partial charge on any atom is -0.370 e. The maximum Gasteiger partial charge on any atom is 0.257 e. The molecule has 2 aromatic heterocycles. The molecule has 25 heavy (non-hydrogen) atoms. The molecule has 0 radical (unpaired) electrons. The van der Waals surface area contributed by atoms with Crippen LogP contribution in [0, 0.1) is 0 Å². The molecule has 3 N–H and O–H groups in total. The molecule has 1 aromatic carbocycles. The minimum atomic E-state index is 0.272. The van der Waals surface area contributed by atoms with E-state index >= 15 is 0 Å². The third kappa shape index (κ3) is 4.53. The van der Waals surface area contributed by atoms with Gasteiger partial charge in [0.25, 0.3) is 5.89 Å². The summed E-state index contributed by atoms with van der Waals surface area (Å²) in [5.74, 6) is 2.25.